The Labute approximate surface area is 183 Å². The van der Waals surface area contributed by atoms with E-state index >= 15 is 0 Å². The van der Waals surface area contributed by atoms with Gasteiger partial charge in [-0.1, -0.05) is 60.7 Å². The van der Waals surface area contributed by atoms with Gasteiger partial charge in [0, 0.05) is 38.3 Å². The van der Waals surface area contributed by atoms with Crippen LogP contribution in [-0.4, -0.2) is 52.3 Å². The maximum Gasteiger partial charge on any atom is 0.125 e. The molecule has 4 aromatic rings. The number of hydrogen-bond acceptors (Lipinski definition) is 4. The molecule has 31 heavy (non-hydrogen) atoms. The number of piperazine rings is 1. The normalized spacial score (nSPS) is 15.1. The van der Waals surface area contributed by atoms with Gasteiger partial charge < -0.3 is 5.01 Å². The highest BCUT2D eigenvalue weighted by Crippen LogP contribution is 2.28. The molecule has 0 unspecified atom stereocenters. The van der Waals surface area contributed by atoms with Crippen LogP contribution in [0.3, 0.4) is 0 Å². The molecule has 1 aliphatic rings. The molecule has 0 spiro atoms. The number of rotatable bonds is 6. The van der Waals surface area contributed by atoms with Gasteiger partial charge in [0.05, 0.1) is 11.7 Å². The van der Waals surface area contributed by atoms with Gasteiger partial charge in [-0.2, -0.15) is 0 Å². The quantitative estimate of drug-likeness (QED) is 0.476. The van der Waals surface area contributed by atoms with Crippen molar-refractivity contribution in [1.29, 1.82) is 0 Å². The number of benzene rings is 2. The molecule has 1 aliphatic heterocycles. The first kappa shape index (κ1) is 19.8. The molecule has 0 aliphatic carbocycles. The Kier molecular flexibility index (Phi) is 5.67. The summed E-state index contributed by atoms with van der Waals surface area (Å²) < 4.78 is 2.27. The lowest BCUT2D eigenvalue weighted by Crippen LogP contribution is -2.51. The van der Waals surface area contributed by atoms with E-state index in [2.05, 4.69) is 98.2 Å². The minimum Gasteiger partial charge on any atom is -0.308 e. The highest BCUT2D eigenvalue weighted by atomic mass is 15.6. The average Bonchev–Trinajstić information content (AvgIpc) is 3.17. The molecule has 0 radical (unpaired) electrons. The summed E-state index contributed by atoms with van der Waals surface area (Å²) in [6.45, 7) is 7.35. The van der Waals surface area contributed by atoms with Gasteiger partial charge in [0.25, 0.3) is 0 Å². The number of pyridine rings is 1. The average molecular weight is 412 g/mol. The molecule has 2 aromatic carbocycles. The van der Waals surface area contributed by atoms with E-state index in [1.54, 1.807) is 0 Å². The second kappa shape index (κ2) is 8.90. The zero-order valence-corrected chi connectivity index (χ0v) is 18.1. The van der Waals surface area contributed by atoms with E-state index in [1.165, 1.54) is 11.1 Å². The molecule has 5 nitrogen and oxygen atoms in total. The number of hydrogen-bond donors (Lipinski definition) is 0. The van der Waals surface area contributed by atoms with E-state index in [1.807, 2.05) is 12.4 Å². The Hall–Kier alpha value is -3.18. The van der Waals surface area contributed by atoms with Crippen molar-refractivity contribution < 1.29 is 0 Å². The summed E-state index contributed by atoms with van der Waals surface area (Å²) in [5, 5.41) is 2.42. The second-order valence-corrected chi connectivity index (χ2v) is 8.29. The number of imidazole rings is 1. The smallest absolute Gasteiger partial charge is 0.125 e. The summed E-state index contributed by atoms with van der Waals surface area (Å²) in [6, 6.07) is 23.9. The Morgan fingerprint density at radius 3 is 2.13 bits per heavy atom. The molecule has 0 saturated carbocycles. The minimum atomic E-state index is 0.438. The fourth-order valence-corrected chi connectivity index (χ4v) is 4.77. The van der Waals surface area contributed by atoms with Crippen LogP contribution in [0.25, 0.3) is 11.0 Å². The number of fused-ring (bicyclic) bond motifs is 1. The van der Waals surface area contributed by atoms with Crippen LogP contribution in [0.15, 0.2) is 79.1 Å². The van der Waals surface area contributed by atoms with E-state index in [-0.39, 0.29) is 0 Å². The number of aromatic nitrogens is 3. The van der Waals surface area contributed by atoms with Crippen LogP contribution < -0.4 is 5.01 Å². The van der Waals surface area contributed by atoms with Crippen molar-refractivity contribution in [2.45, 2.75) is 19.3 Å². The topological polar surface area (TPSA) is 37.2 Å². The van der Waals surface area contributed by atoms with Crippen molar-refractivity contribution in [3.05, 3.63) is 96.1 Å². The predicted octanol–water partition coefficient (Wildman–Crippen LogP) is 4.22. The Morgan fingerprint density at radius 1 is 0.839 bits per heavy atom. The molecular weight excluding hydrogens is 382 g/mol. The Balaban J connectivity index is 1.25. The maximum atomic E-state index is 4.68. The first-order valence-electron chi connectivity index (χ1n) is 11.2. The van der Waals surface area contributed by atoms with Crippen molar-refractivity contribution in [3.8, 4) is 0 Å². The van der Waals surface area contributed by atoms with Crippen LogP contribution in [0.1, 0.15) is 29.3 Å². The molecule has 158 valence electrons. The van der Waals surface area contributed by atoms with Gasteiger partial charge >= 0.3 is 0 Å². The van der Waals surface area contributed by atoms with E-state index in [9.17, 15) is 0 Å². The summed E-state index contributed by atoms with van der Waals surface area (Å²) in [5.41, 5.74) is 4.92. The number of nitrogens with zero attached hydrogens (tertiary/aromatic N) is 5. The number of aryl methyl sites for hydroxylation is 1. The van der Waals surface area contributed by atoms with Crippen LogP contribution in [-0.2, 0) is 0 Å². The molecule has 0 amide bonds. The molecule has 3 heterocycles. The van der Waals surface area contributed by atoms with Crippen LogP contribution in [0.5, 0.6) is 0 Å². The third kappa shape index (κ3) is 4.19. The van der Waals surface area contributed by atoms with Gasteiger partial charge in [-0.25, -0.2) is 9.66 Å². The third-order valence-corrected chi connectivity index (χ3v) is 6.36. The van der Waals surface area contributed by atoms with Crippen LogP contribution in [0, 0.1) is 6.92 Å². The van der Waals surface area contributed by atoms with Crippen molar-refractivity contribution in [2.75, 3.05) is 37.7 Å². The molecule has 5 heteroatoms. The second-order valence-electron chi connectivity index (χ2n) is 8.29. The van der Waals surface area contributed by atoms with Gasteiger partial charge in [0.15, 0.2) is 0 Å². The SMILES string of the molecule is Cc1nc2cnccc2n1N1CCN(CCC(c2ccccc2)c2ccccc2)CC1. The van der Waals surface area contributed by atoms with Crippen LogP contribution >= 0.6 is 0 Å². The van der Waals surface area contributed by atoms with Gasteiger partial charge in [-0.15, -0.1) is 0 Å². The van der Waals surface area contributed by atoms with Crippen molar-refractivity contribution in [3.63, 3.8) is 0 Å². The molecule has 0 bridgehead atoms. The lowest BCUT2D eigenvalue weighted by Gasteiger charge is -2.37. The lowest BCUT2D eigenvalue weighted by atomic mass is 9.88. The standard InChI is InChI=1S/C26H29N5/c1-21-28-25-20-27-14-12-26(25)31(21)30-18-16-29(17-19-30)15-13-24(22-8-4-2-5-9-22)23-10-6-3-7-11-23/h2-12,14,20,24H,13,15-19H2,1H3. The fraction of sp³-hybridized carbons (Fsp3) is 0.308. The lowest BCUT2D eigenvalue weighted by molar-refractivity contribution is 0.235. The van der Waals surface area contributed by atoms with Gasteiger partial charge in [-0.3, -0.25) is 9.88 Å². The highest BCUT2D eigenvalue weighted by Gasteiger charge is 2.22. The van der Waals surface area contributed by atoms with Crippen LogP contribution in [0.4, 0.5) is 0 Å². The zero-order valence-electron chi connectivity index (χ0n) is 18.1. The summed E-state index contributed by atoms with van der Waals surface area (Å²) >= 11 is 0. The maximum absolute atomic E-state index is 4.68. The molecule has 5 rings (SSSR count). The third-order valence-electron chi connectivity index (χ3n) is 6.36. The van der Waals surface area contributed by atoms with E-state index in [4.69, 9.17) is 0 Å². The molecule has 1 saturated heterocycles. The Bertz CT molecular complexity index is 1070. The van der Waals surface area contributed by atoms with E-state index < -0.39 is 0 Å². The molecule has 1 fully saturated rings. The monoisotopic (exact) mass is 411 g/mol. The highest BCUT2D eigenvalue weighted by molar-refractivity contribution is 5.75. The van der Waals surface area contributed by atoms with Crippen molar-refractivity contribution in [1.82, 2.24) is 19.5 Å². The van der Waals surface area contributed by atoms with Crippen molar-refractivity contribution >= 4 is 11.0 Å². The zero-order chi connectivity index (χ0) is 21.0. The fourth-order valence-electron chi connectivity index (χ4n) is 4.77. The first-order valence-corrected chi connectivity index (χ1v) is 11.2. The Morgan fingerprint density at radius 2 is 1.48 bits per heavy atom. The molecular formula is C26H29N5. The summed E-state index contributed by atoms with van der Waals surface area (Å²) in [4.78, 5) is 11.5. The van der Waals surface area contributed by atoms with Crippen molar-refractivity contribution in [2.24, 2.45) is 0 Å². The van der Waals surface area contributed by atoms with Gasteiger partial charge in [0.2, 0.25) is 0 Å². The van der Waals surface area contributed by atoms with Gasteiger partial charge in [0.1, 0.15) is 11.3 Å². The van der Waals surface area contributed by atoms with Crippen LogP contribution in [0.2, 0.25) is 0 Å². The van der Waals surface area contributed by atoms with E-state index in [0.29, 0.717) is 5.92 Å². The summed E-state index contributed by atoms with van der Waals surface area (Å²) in [6.07, 6.45) is 4.83. The predicted molar refractivity (Wildman–Crippen MR) is 126 cm³/mol. The summed E-state index contributed by atoms with van der Waals surface area (Å²) in [5.74, 6) is 1.47. The molecule has 0 atom stereocenters. The summed E-state index contributed by atoms with van der Waals surface area (Å²) in [7, 11) is 0. The molecule has 2 aromatic heterocycles. The van der Waals surface area contributed by atoms with Gasteiger partial charge in [-0.05, 0) is 37.1 Å². The largest absolute Gasteiger partial charge is 0.308 e. The molecule has 0 N–H and O–H groups in total. The van der Waals surface area contributed by atoms with E-state index in [0.717, 1.165) is 56.0 Å². The first-order chi connectivity index (χ1) is 15.3. The minimum absolute atomic E-state index is 0.438.